The lowest BCUT2D eigenvalue weighted by Gasteiger charge is -1.95. The first-order valence-corrected chi connectivity index (χ1v) is 3.66. The Kier molecular flexibility index (Phi) is 1.89. The lowest BCUT2D eigenvalue weighted by atomic mass is 10.3. The van der Waals surface area contributed by atoms with Gasteiger partial charge in [-0.3, -0.25) is 0 Å². The number of hydrazine groups is 1. The van der Waals surface area contributed by atoms with Gasteiger partial charge in [0.2, 0.25) is 11.9 Å². The second kappa shape index (κ2) is 3.20. The van der Waals surface area contributed by atoms with Crippen molar-refractivity contribution in [3.8, 4) is 11.4 Å². The summed E-state index contributed by atoms with van der Waals surface area (Å²) in [6.45, 7) is 0. The van der Waals surface area contributed by atoms with Crippen LogP contribution < -0.4 is 16.1 Å². The van der Waals surface area contributed by atoms with Crippen LogP contribution in [0.5, 0.6) is 0 Å². The van der Waals surface area contributed by atoms with E-state index in [0.717, 1.165) is 5.69 Å². The Labute approximate surface area is 73.9 Å². The zero-order valence-corrected chi connectivity index (χ0v) is 6.71. The molecule has 0 radical (unpaired) electrons. The summed E-state index contributed by atoms with van der Waals surface area (Å²) in [5.41, 5.74) is 3.90. The maximum Gasteiger partial charge on any atom is 0.267 e. The molecule has 0 atom stereocenters. The Morgan fingerprint density at radius 3 is 3.08 bits per heavy atom. The van der Waals surface area contributed by atoms with Crippen LogP contribution in [-0.2, 0) is 0 Å². The molecule has 0 unspecified atom stereocenters. The van der Waals surface area contributed by atoms with Gasteiger partial charge in [-0.15, -0.1) is 10.6 Å². The van der Waals surface area contributed by atoms with Crippen molar-refractivity contribution in [2.45, 2.75) is 0 Å². The molecule has 3 N–H and O–H groups in total. The molecule has 0 amide bonds. The first-order chi connectivity index (χ1) is 6.42. The number of nitrogens with zero attached hydrogens (tertiary/aromatic N) is 3. The molecule has 6 heteroatoms. The van der Waals surface area contributed by atoms with Gasteiger partial charge in [-0.25, -0.2) is 5.84 Å². The highest BCUT2D eigenvalue weighted by Gasteiger charge is 2.14. The minimum Gasteiger partial charge on any atom is -0.345 e. The fourth-order valence-electron chi connectivity index (χ4n) is 1.04. The van der Waals surface area contributed by atoms with E-state index in [2.05, 4.69) is 20.4 Å². The standard InChI is InChI=1S/C7H8N5O/c8-10-12-4-2-1-3-7(12)6-5-13-11-9-6/h1-5,10H,8H2/q+1. The molecule has 0 aliphatic heterocycles. The molecule has 0 saturated carbocycles. The zero-order valence-electron chi connectivity index (χ0n) is 6.71. The molecule has 13 heavy (non-hydrogen) atoms. The summed E-state index contributed by atoms with van der Waals surface area (Å²) in [5, 5.41) is 7.13. The van der Waals surface area contributed by atoms with Crippen molar-refractivity contribution in [1.82, 2.24) is 10.4 Å². The topological polar surface area (TPSA) is 80.9 Å². The van der Waals surface area contributed by atoms with Crippen LogP contribution in [0.2, 0.25) is 0 Å². The van der Waals surface area contributed by atoms with E-state index in [4.69, 9.17) is 5.84 Å². The smallest absolute Gasteiger partial charge is 0.267 e. The van der Waals surface area contributed by atoms with Crippen molar-refractivity contribution < 1.29 is 9.20 Å². The molecule has 0 saturated heterocycles. The summed E-state index contributed by atoms with van der Waals surface area (Å²) in [6.07, 6.45) is 3.22. The first-order valence-electron chi connectivity index (χ1n) is 3.66. The normalized spacial score (nSPS) is 9.92. The number of hydrogen-bond acceptors (Lipinski definition) is 5. The van der Waals surface area contributed by atoms with Gasteiger partial charge in [-0.2, -0.15) is 0 Å². The number of nitrogens with one attached hydrogen (secondary N) is 1. The molecule has 66 valence electrons. The van der Waals surface area contributed by atoms with Crippen LogP contribution in [0.3, 0.4) is 0 Å². The van der Waals surface area contributed by atoms with Crippen molar-refractivity contribution >= 4 is 0 Å². The molecule has 2 rings (SSSR count). The third kappa shape index (κ3) is 1.34. The van der Waals surface area contributed by atoms with E-state index < -0.39 is 0 Å². The predicted molar refractivity (Wildman–Crippen MR) is 43.5 cm³/mol. The van der Waals surface area contributed by atoms with Gasteiger partial charge in [-0.1, -0.05) is 4.68 Å². The number of hydrogen-bond donors (Lipinski definition) is 2. The maximum absolute atomic E-state index is 5.29. The zero-order chi connectivity index (χ0) is 9.10. The van der Waals surface area contributed by atoms with E-state index in [-0.39, 0.29) is 0 Å². The Hall–Kier alpha value is -1.95. The third-order valence-electron chi connectivity index (χ3n) is 1.62. The summed E-state index contributed by atoms with van der Waals surface area (Å²) in [4.78, 5) is 0. The van der Waals surface area contributed by atoms with E-state index >= 15 is 0 Å². The monoisotopic (exact) mass is 178 g/mol. The number of nitrogen functional groups attached to an aromatic ring is 1. The Balaban J connectivity index is 2.51. The number of pyridine rings is 1. The average molecular weight is 178 g/mol. The van der Waals surface area contributed by atoms with Crippen LogP contribution in [0, 0.1) is 0 Å². The van der Waals surface area contributed by atoms with Gasteiger partial charge in [0.1, 0.15) is 0 Å². The minimum atomic E-state index is 0.624. The number of nitrogens with two attached hydrogens (primary N) is 1. The van der Waals surface area contributed by atoms with Crippen LogP contribution in [0.4, 0.5) is 0 Å². The summed E-state index contributed by atoms with van der Waals surface area (Å²) in [7, 11) is 0. The van der Waals surface area contributed by atoms with Crippen molar-refractivity contribution in [3.05, 3.63) is 30.7 Å². The lowest BCUT2D eigenvalue weighted by Crippen LogP contribution is -2.50. The van der Waals surface area contributed by atoms with E-state index in [1.54, 1.807) is 10.9 Å². The average Bonchev–Trinajstić information content (AvgIpc) is 2.70. The van der Waals surface area contributed by atoms with E-state index in [1.165, 1.54) is 6.26 Å². The first kappa shape index (κ1) is 7.69. The molecule has 0 aromatic carbocycles. The van der Waals surface area contributed by atoms with Gasteiger partial charge in [-0.05, 0) is 6.07 Å². The van der Waals surface area contributed by atoms with Crippen LogP contribution in [0.15, 0.2) is 35.2 Å². The van der Waals surface area contributed by atoms with Gasteiger partial charge in [0.25, 0.3) is 5.69 Å². The maximum atomic E-state index is 5.29. The van der Waals surface area contributed by atoms with Gasteiger partial charge in [0, 0.05) is 17.4 Å². The van der Waals surface area contributed by atoms with Crippen molar-refractivity contribution in [3.63, 3.8) is 0 Å². The summed E-state index contributed by atoms with van der Waals surface area (Å²) < 4.78 is 6.24. The highest BCUT2D eigenvalue weighted by molar-refractivity contribution is 5.46. The molecule has 2 heterocycles. The largest absolute Gasteiger partial charge is 0.345 e. The van der Waals surface area contributed by atoms with E-state index in [1.807, 2.05) is 18.2 Å². The van der Waals surface area contributed by atoms with Gasteiger partial charge in [0.05, 0.1) is 0 Å². The van der Waals surface area contributed by atoms with E-state index in [0.29, 0.717) is 5.69 Å². The van der Waals surface area contributed by atoms with Crippen LogP contribution in [0.25, 0.3) is 11.4 Å². The molecule has 0 fully saturated rings. The molecule has 2 aromatic rings. The fourth-order valence-corrected chi connectivity index (χ4v) is 1.04. The molecule has 0 aliphatic carbocycles. The molecular formula is C7H8N5O+. The molecule has 0 bridgehead atoms. The Morgan fingerprint density at radius 2 is 2.38 bits per heavy atom. The van der Waals surface area contributed by atoms with Crippen LogP contribution in [-0.4, -0.2) is 10.4 Å². The highest BCUT2D eigenvalue weighted by Crippen LogP contribution is 2.08. The number of aromatic nitrogens is 3. The molecule has 0 aliphatic rings. The Morgan fingerprint density at radius 1 is 1.46 bits per heavy atom. The van der Waals surface area contributed by atoms with E-state index in [9.17, 15) is 0 Å². The summed E-state index contributed by atoms with van der Waals surface area (Å²) in [5.74, 6) is 5.29. The van der Waals surface area contributed by atoms with Crippen LogP contribution >= 0.6 is 0 Å². The molecule has 0 spiro atoms. The second-order valence-electron chi connectivity index (χ2n) is 2.38. The van der Waals surface area contributed by atoms with Crippen LogP contribution in [0.1, 0.15) is 0 Å². The van der Waals surface area contributed by atoms with Crippen molar-refractivity contribution in [1.29, 1.82) is 0 Å². The second-order valence-corrected chi connectivity index (χ2v) is 2.38. The molecular weight excluding hydrogens is 170 g/mol. The highest BCUT2D eigenvalue weighted by atomic mass is 16.5. The quantitative estimate of drug-likeness (QED) is 0.366. The third-order valence-corrected chi connectivity index (χ3v) is 1.62. The number of rotatable bonds is 2. The van der Waals surface area contributed by atoms with Crippen molar-refractivity contribution in [2.75, 3.05) is 5.53 Å². The minimum absolute atomic E-state index is 0.624. The van der Waals surface area contributed by atoms with Gasteiger partial charge < -0.3 is 4.52 Å². The predicted octanol–water partition coefficient (Wildman–Crippen LogP) is -0.559. The molecule has 2 aromatic heterocycles. The fraction of sp³-hybridized carbons (Fsp3) is 0. The van der Waals surface area contributed by atoms with Gasteiger partial charge in [0.15, 0.2) is 6.26 Å². The lowest BCUT2D eigenvalue weighted by molar-refractivity contribution is -0.640. The summed E-state index contributed by atoms with van der Waals surface area (Å²) in [6, 6.07) is 5.56. The SMILES string of the molecule is NN[n+]1ccccc1-c1conn1. The van der Waals surface area contributed by atoms with Gasteiger partial charge >= 0.3 is 0 Å². The summed E-state index contributed by atoms with van der Waals surface area (Å²) >= 11 is 0. The molecule has 6 nitrogen and oxygen atoms in total. The van der Waals surface area contributed by atoms with Crippen molar-refractivity contribution in [2.24, 2.45) is 5.84 Å². The Bertz CT molecular complexity index is 386.